The largest absolute Gasteiger partial charge is 0.376 e. The molecule has 0 aliphatic carbocycles. The first-order valence-electron chi connectivity index (χ1n) is 8.45. The van der Waals surface area contributed by atoms with Crippen LogP contribution in [0, 0.1) is 6.92 Å². The summed E-state index contributed by atoms with van der Waals surface area (Å²) in [4.78, 5) is 28.8. The molecule has 0 bridgehead atoms. The third kappa shape index (κ3) is 4.59. The summed E-state index contributed by atoms with van der Waals surface area (Å²) < 4.78 is 5.48. The second kappa shape index (κ2) is 8.29. The van der Waals surface area contributed by atoms with Crippen molar-refractivity contribution in [1.29, 1.82) is 0 Å². The number of carbonyl (C=O) groups is 2. The van der Waals surface area contributed by atoms with Crippen LogP contribution in [-0.4, -0.2) is 36.1 Å². The van der Waals surface area contributed by atoms with Gasteiger partial charge in [0, 0.05) is 36.3 Å². The Bertz CT molecular complexity index is 819. The Morgan fingerprint density at radius 1 is 1.23 bits per heavy atom. The number of carbonyl (C=O) groups excluding carboxylic acids is 2. The van der Waals surface area contributed by atoms with Crippen LogP contribution >= 0.6 is 11.6 Å². The highest BCUT2D eigenvalue weighted by Gasteiger charge is 2.17. The zero-order chi connectivity index (χ0) is 18.5. The van der Waals surface area contributed by atoms with E-state index in [2.05, 4.69) is 15.6 Å². The van der Waals surface area contributed by atoms with E-state index in [1.54, 1.807) is 12.1 Å². The molecular weight excluding hydrogens is 354 g/mol. The van der Waals surface area contributed by atoms with Gasteiger partial charge in [-0.05, 0) is 43.5 Å². The maximum absolute atomic E-state index is 12.5. The number of benzene rings is 1. The minimum absolute atomic E-state index is 0.0594. The fourth-order valence-electron chi connectivity index (χ4n) is 2.73. The summed E-state index contributed by atoms with van der Waals surface area (Å²) in [7, 11) is 0. The van der Waals surface area contributed by atoms with E-state index in [9.17, 15) is 9.59 Å². The van der Waals surface area contributed by atoms with Crippen molar-refractivity contribution in [3.63, 3.8) is 0 Å². The minimum Gasteiger partial charge on any atom is -0.376 e. The summed E-state index contributed by atoms with van der Waals surface area (Å²) in [6.45, 7) is 3.07. The Morgan fingerprint density at radius 2 is 2.00 bits per heavy atom. The van der Waals surface area contributed by atoms with Crippen LogP contribution in [0.2, 0.25) is 5.02 Å². The van der Waals surface area contributed by atoms with E-state index in [0.29, 0.717) is 28.4 Å². The lowest BCUT2D eigenvalue weighted by atomic mass is 10.1. The summed E-state index contributed by atoms with van der Waals surface area (Å²) in [6.07, 6.45) is 4.88. The van der Waals surface area contributed by atoms with Crippen molar-refractivity contribution in [1.82, 2.24) is 10.3 Å². The maximum Gasteiger partial charge on any atom is 0.257 e. The highest BCUT2D eigenvalue weighted by Crippen LogP contribution is 2.21. The van der Waals surface area contributed by atoms with Gasteiger partial charge < -0.3 is 15.4 Å². The third-order valence-corrected chi connectivity index (χ3v) is 4.46. The average Bonchev–Trinajstić information content (AvgIpc) is 3.16. The maximum atomic E-state index is 12.5. The van der Waals surface area contributed by atoms with Crippen molar-refractivity contribution in [2.75, 3.05) is 18.5 Å². The fraction of sp³-hybridized carbons (Fsp3) is 0.316. The number of aromatic nitrogens is 1. The number of ether oxygens (including phenoxy) is 1. The monoisotopic (exact) mass is 373 g/mol. The molecule has 1 saturated heterocycles. The van der Waals surface area contributed by atoms with Crippen molar-refractivity contribution in [2.24, 2.45) is 0 Å². The number of aryl methyl sites for hydroxylation is 1. The van der Waals surface area contributed by atoms with Gasteiger partial charge in [0.15, 0.2) is 0 Å². The Morgan fingerprint density at radius 3 is 2.73 bits per heavy atom. The molecule has 1 unspecified atom stereocenters. The molecule has 26 heavy (non-hydrogen) atoms. The van der Waals surface area contributed by atoms with E-state index in [4.69, 9.17) is 16.3 Å². The molecule has 0 radical (unpaired) electrons. The van der Waals surface area contributed by atoms with Crippen LogP contribution in [0.4, 0.5) is 5.69 Å². The number of amides is 2. The SMILES string of the molecule is Cc1ccc(Cl)cc1NC(=O)c1cncc(C(=O)NCC2CCCO2)c1. The molecule has 2 N–H and O–H groups in total. The molecule has 2 heterocycles. The topological polar surface area (TPSA) is 80.3 Å². The van der Waals surface area contributed by atoms with E-state index in [0.717, 1.165) is 25.0 Å². The lowest BCUT2D eigenvalue weighted by molar-refractivity contribution is 0.0857. The highest BCUT2D eigenvalue weighted by molar-refractivity contribution is 6.31. The Kier molecular flexibility index (Phi) is 5.85. The smallest absolute Gasteiger partial charge is 0.257 e. The first-order chi connectivity index (χ1) is 12.5. The molecule has 136 valence electrons. The number of halogens is 1. The number of hydrogen-bond acceptors (Lipinski definition) is 4. The van der Waals surface area contributed by atoms with Gasteiger partial charge in [0.1, 0.15) is 0 Å². The average molecular weight is 374 g/mol. The summed E-state index contributed by atoms with van der Waals surface area (Å²) in [5.74, 6) is -0.627. The van der Waals surface area contributed by atoms with Crippen molar-refractivity contribution < 1.29 is 14.3 Å². The van der Waals surface area contributed by atoms with Gasteiger partial charge in [-0.1, -0.05) is 17.7 Å². The van der Waals surface area contributed by atoms with E-state index < -0.39 is 0 Å². The molecule has 7 heteroatoms. The zero-order valence-corrected chi connectivity index (χ0v) is 15.2. The van der Waals surface area contributed by atoms with Gasteiger partial charge in [-0.25, -0.2) is 0 Å². The van der Waals surface area contributed by atoms with Crippen LogP contribution in [0.5, 0.6) is 0 Å². The number of anilines is 1. The quantitative estimate of drug-likeness (QED) is 0.843. The van der Waals surface area contributed by atoms with E-state index in [1.807, 2.05) is 13.0 Å². The molecule has 3 rings (SSSR count). The van der Waals surface area contributed by atoms with Crippen LogP contribution in [0.15, 0.2) is 36.7 Å². The first-order valence-corrected chi connectivity index (χ1v) is 8.83. The van der Waals surface area contributed by atoms with Gasteiger partial charge in [-0.2, -0.15) is 0 Å². The van der Waals surface area contributed by atoms with Crippen molar-refractivity contribution in [3.8, 4) is 0 Å². The molecule has 6 nitrogen and oxygen atoms in total. The summed E-state index contributed by atoms with van der Waals surface area (Å²) in [5.41, 5.74) is 2.14. The van der Waals surface area contributed by atoms with E-state index in [1.165, 1.54) is 18.5 Å². The number of pyridine rings is 1. The van der Waals surface area contributed by atoms with Gasteiger partial charge in [-0.3, -0.25) is 14.6 Å². The molecular formula is C19H20ClN3O3. The summed E-state index contributed by atoms with van der Waals surface area (Å²) in [5, 5.41) is 6.15. The fourth-order valence-corrected chi connectivity index (χ4v) is 2.90. The normalized spacial score (nSPS) is 16.3. The molecule has 1 aromatic carbocycles. The third-order valence-electron chi connectivity index (χ3n) is 4.22. The van der Waals surface area contributed by atoms with E-state index >= 15 is 0 Å². The standard InChI is InChI=1S/C19H20ClN3O3/c1-12-4-5-15(20)8-17(12)23-19(25)14-7-13(9-21-10-14)18(24)22-11-16-3-2-6-26-16/h4-5,7-10,16H,2-3,6,11H2,1H3,(H,22,24)(H,23,25). The number of nitrogens with one attached hydrogen (secondary N) is 2. The number of nitrogens with zero attached hydrogens (tertiary/aromatic N) is 1. The first kappa shape index (κ1) is 18.4. The molecule has 2 aromatic rings. The molecule has 1 aromatic heterocycles. The van der Waals surface area contributed by atoms with Gasteiger partial charge in [-0.15, -0.1) is 0 Å². The molecule has 0 saturated carbocycles. The predicted octanol–water partition coefficient (Wildman–Crippen LogP) is 3.20. The van der Waals surface area contributed by atoms with E-state index in [-0.39, 0.29) is 17.9 Å². The van der Waals surface area contributed by atoms with Gasteiger partial charge >= 0.3 is 0 Å². The predicted molar refractivity (Wildman–Crippen MR) is 99.7 cm³/mol. The molecule has 1 aliphatic heterocycles. The molecule has 1 atom stereocenters. The Hall–Kier alpha value is -2.44. The Labute approximate surface area is 156 Å². The molecule has 0 spiro atoms. The Balaban J connectivity index is 1.66. The molecule has 1 aliphatic rings. The van der Waals surface area contributed by atoms with Crippen LogP contribution in [0.3, 0.4) is 0 Å². The van der Waals surface area contributed by atoms with Gasteiger partial charge in [0.05, 0.1) is 17.2 Å². The van der Waals surface area contributed by atoms with Crippen molar-refractivity contribution in [2.45, 2.75) is 25.9 Å². The zero-order valence-electron chi connectivity index (χ0n) is 14.4. The van der Waals surface area contributed by atoms with Crippen LogP contribution in [-0.2, 0) is 4.74 Å². The van der Waals surface area contributed by atoms with Gasteiger partial charge in [0.25, 0.3) is 11.8 Å². The number of rotatable bonds is 5. The minimum atomic E-state index is -0.350. The van der Waals surface area contributed by atoms with Gasteiger partial charge in [0.2, 0.25) is 0 Å². The molecule has 1 fully saturated rings. The van der Waals surface area contributed by atoms with Crippen molar-refractivity contribution >= 4 is 29.1 Å². The van der Waals surface area contributed by atoms with Crippen LogP contribution < -0.4 is 10.6 Å². The second-order valence-electron chi connectivity index (χ2n) is 6.22. The molecule has 2 amide bonds. The summed E-state index contributed by atoms with van der Waals surface area (Å²) >= 11 is 5.97. The summed E-state index contributed by atoms with van der Waals surface area (Å²) in [6, 6.07) is 6.78. The second-order valence-corrected chi connectivity index (χ2v) is 6.66. The lowest BCUT2D eigenvalue weighted by Crippen LogP contribution is -2.32. The lowest BCUT2D eigenvalue weighted by Gasteiger charge is -2.11. The highest BCUT2D eigenvalue weighted by atomic mass is 35.5. The van der Waals surface area contributed by atoms with Crippen molar-refractivity contribution in [3.05, 3.63) is 58.4 Å². The van der Waals surface area contributed by atoms with Crippen LogP contribution in [0.1, 0.15) is 39.1 Å². The number of hydrogen-bond donors (Lipinski definition) is 2. The van der Waals surface area contributed by atoms with Crippen LogP contribution in [0.25, 0.3) is 0 Å².